The molecule has 0 fully saturated rings. The van der Waals surface area contributed by atoms with E-state index in [2.05, 4.69) is 20.6 Å². The molecule has 0 aliphatic heterocycles. The average molecular weight is 478 g/mol. The molecule has 10 heteroatoms. The maximum atomic E-state index is 12.0. The second-order valence-corrected chi connectivity index (χ2v) is 9.21. The standard InChI is InChI=1S/C24H23N5O4S/c25-34(32,33)18-12-10-17(11-13-18)26-15-22-27-20-9-5-4-8-19(20)23(29-22)28-21(24(30)31)14-16-6-2-1-3-7-16/h1-13,21,26H,14-15H2,(H,30,31)(H2,25,32,33)(H,27,28,29). The van der Waals surface area contributed by atoms with E-state index in [1.165, 1.54) is 12.1 Å². The van der Waals surface area contributed by atoms with Crippen LogP contribution >= 0.6 is 0 Å². The molecule has 0 aliphatic carbocycles. The van der Waals surface area contributed by atoms with Crippen molar-refractivity contribution in [2.75, 3.05) is 10.6 Å². The number of carbonyl (C=O) groups is 1. The van der Waals surface area contributed by atoms with E-state index in [1.807, 2.05) is 54.6 Å². The van der Waals surface area contributed by atoms with E-state index in [1.54, 1.807) is 12.1 Å². The fourth-order valence-corrected chi connectivity index (χ4v) is 3.99. The molecule has 4 aromatic rings. The molecule has 0 bridgehead atoms. The van der Waals surface area contributed by atoms with Crippen LogP contribution < -0.4 is 15.8 Å². The van der Waals surface area contributed by atoms with E-state index in [4.69, 9.17) is 5.14 Å². The van der Waals surface area contributed by atoms with Crippen LogP contribution in [0.25, 0.3) is 10.9 Å². The van der Waals surface area contributed by atoms with Crippen molar-refractivity contribution in [3.63, 3.8) is 0 Å². The lowest BCUT2D eigenvalue weighted by Crippen LogP contribution is -2.32. The van der Waals surface area contributed by atoms with Crippen LogP contribution in [0.5, 0.6) is 0 Å². The van der Waals surface area contributed by atoms with Crippen molar-refractivity contribution in [1.82, 2.24) is 9.97 Å². The second kappa shape index (κ2) is 9.86. The lowest BCUT2D eigenvalue weighted by atomic mass is 10.1. The molecule has 4 rings (SSSR count). The summed E-state index contributed by atoms with van der Waals surface area (Å²) in [5.41, 5.74) is 2.22. The number of hydrogen-bond donors (Lipinski definition) is 4. The van der Waals surface area contributed by atoms with Crippen molar-refractivity contribution in [2.45, 2.75) is 23.9 Å². The Bertz CT molecular complexity index is 1410. The summed E-state index contributed by atoms with van der Waals surface area (Å²) in [6, 6.07) is 21.9. The molecule has 1 atom stereocenters. The number of rotatable bonds is 9. The fourth-order valence-electron chi connectivity index (χ4n) is 3.47. The largest absolute Gasteiger partial charge is 0.480 e. The maximum Gasteiger partial charge on any atom is 0.326 e. The van der Waals surface area contributed by atoms with Gasteiger partial charge < -0.3 is 15.7 Å². The number of carboxylic acids is 1. The number of sulfonamides is 1. The van der Waals surface area contributed by atoms with Crippen molar-refractivity contribution in [3.8, 4) is 0 Å². The third-order valence-electron chi connectivity index (χ3n) is 5.17. The number of benzene rings is 3. The summed E-state index contributed by atoms with van der Waals surface area (Å²) in [5.74, 6) is -0.114. The van der Waals surface area contributed by atoms with Crippen LogP contribution in [0.3, 0.4) is 0 Å². The first-order chi connectivity index (χ1) is 16.3. The number of hydrogen-bond acceptors (Lipinski definition) is 7. The molecule has 3 aromatic carbocycles. The summed E-state index contributed by atoms with van der Waals surface area (Å²) in [4.78, 5) is 21.1. The first-order valence-corrected chi connectivity index (χ1v) is 12.0. The van der Waals surface area contributed by atoms with Gasteiger partial charge in [-0.2, -0.15) is 0 Å². The third-order valence-corrected chi connectivity index (χ3v) is 6.10. The van der Waals surface area contributed by atoms with Gasteiger partial charge in [-0.3, -0.25) is 0 Å². The van der Waals surface area contributed by atoms with Crippen molar-refractivity contribution >= 4 is 38.4 Å². The van der Waals surface area contributed by atoms with Gasteiger partial charge in [-0.05, 0) is 42.0 Å². The highest BCUT2D eigenvalue weighted by molar-refractivity contribution is 7.89. The van der Waals surface area contributed by atoms with Gasteiger partial charge >= 0.3 is 5.97 Å². The third kappa shape index (κ3) is 5.66. The van der Waals surface area contributed by atoms with Gasteiger partial charge in [-0.15, -0.1) is 0 Å². The molecule has 1 unspecified atom stereocenters. The molecule has 0 radical (unpaired) electrons. The Balaban J connectivity index is 1.58. The number of carboxylic acid groups (broad SMARTS) is 1. The Hall–Kier alpha value is -4.02. The zero-order chi connectivity index (χ0) is 24.1. The minimum atomic E-state index is -3.77. The fraction of sp³-hybridized carbons (Fsp3) is 0.125. The van der Waals surface area contributed by atoms with Crippen molar-refractivity contribution < 1.29 is 18.3 Å². The zero-order valence-electron chi connectivity index (χ0n) is 18.0. The molecule has 1 heterocycles. The van der Waals surface area contributed by atoms with E-state index in [-0.39, 0.29) is 11.4 Å². The van der Waals surface area contributed by atoms with Gasteiger partial charge in [-0.1, -0.05) is 42.5 Å². The first kappa shape index (κ1) is 23.1. The second-order valence-electron chi connectivity index (χ2n) is 7.65. The van der Waals surface area contributed by atoms with Crippen LogP contribution in [0.2, 0.25) is 0 Å². The van der Waals surface area contributed by atoms with Crippen LogP contribution in [0, 0.1) is 0 Å². The Kier molecular flexibility index (Phi) is 6.71. The summed E-state index contributed by atoms with van der Waals surface area (Å²) >= 11 is 0. The summed E-state index contributed by atoms with van der Waals surface area (Å²) in [7, 11) is -3.77. The molecule has 0 saturated heterocycles. The molecule has 1 aromatic heterocycles. The minimum Gasteiger partial charge on any atom is -0.480 e. The summed E-state index contributed by atoms with van der Waals surface area (Å²) in [5, 5.41) is 21.9. The van der Waals surface area contributed by atoms with Crippen molar-refractivity contribution in [2.24, 2.45) is 5.14 Å². The Morgan fingerprint density at radius 3 is 2.29 bits per heavy atom. The Morgan fingerprint density at radius 2 is 1.62 bits per heavy atom. The average Bonchev–Trinajstić information content (AvgIpc) is 2.82. The lowest BCUT2D eigenvalue weighted by Gasteiger charge is -2.17. The Labute approximate surface area is 196 Å². The summed E-state index contributed by atoms with van der Waals surface area (Å²) in [6.45, 7) is 0.241. The van der Waals surface area contributed by atoms with Crippen LogP contribution in [0.15, 0.2) is 83.8 Å². The van der Waals surface area contributed by atoms with Crippen molar-refractivity contribution in [3.05, 3.63) is 90.3 Å². The van der Waals surface area contributed by atoms with Crippen LogP contribution in [0.1, 0.15) is 11.4 Å². The lowest BCUT2D eigenvalue weighted by molar-refractivity contribution is -0.137. The van der Waals surface area contributed by atoms with Gasteiger partial charge in [0.15, 0.2) is 0 Å². The molecular formula is C24H23N5O4S. The van der Waals surface area contributed by atoms with Gasteiger partial charge in [0.2, 0.25) is 10.0 Å². The first-order valence-electron chi connectivity index (χ1n) is 10.5. The molecule has 0 saturated carbocycles. The number of nitrogens with zero attached hydrogens (tertiary/aromatic N) is 2. The molecular weight excluding hydrogens is 454 g/mol. The van der Waals surface area contributed by atoms with Crippen molar-refractivity contribution in [1.29, 1.82) is 0 Å². The highest BCUT2D eigenvalue weighted by Crippen LogP contribution is 2.22. The van der Waals surface area contributed by atoms with Gasteiger partial charge in [0.05, 0.1) is 17.0 Å². The van der Waals surface area contributed by atoms with Crippen LogP contribution in [-0.2, 0) is 27.8 Å². The van der Waals surface area contributed by atoms with E-state index in [0.717, 1.165) is 5.56 Å². The number of fused-ring (bicyclic) bond motifs is 1. The number of nitrogens with two attached hydrogens (primary N) is 1. The zero-order valence-corrected chi connectivity index (χ0v) is 18.9. The van der Waals surface area contributed by atoms with E-state index < -0.39 is 22.0 Å². The maximum absolute atomic E-state index is 12.0. The minimum absolute atomic E-state index is 0.0182. The quantitative estimate of drug-likeness (QED) is 0.288. The topological polar surface area (TPSA) is 147 Å². The predicted molar refractivity (Wildman–Crippen MR) is 130 cm³/mol. The van der Waals surface area contributed by atoms with Gasteiger partial charge in [-0.25, -0.2) is 28.3 Å². The van der Waals surface area contributed by atoms with E-state index in [0.29, 0.717) is 34.7 Å². The van der Waals surface area contributed by atoms with Crippen LogP contribution in [0.4, 0.5) is 11.5 Å². The molecule has 0 amide bonds. The molecule has 5 N–H and O–H groups in total. The predicted octanol–water partition coefficient (Wildman–Crippen LogP) is 3.00. The number of aromatic nitrogens is 2. The molecule has 0 aliphatic rings. The smallest absolute Gasteiger partial charge is 0.326 e. The molecule has 174 valence electrons. The molecule has 9 nitrogen and oxygen atoms in total. The highest BCUT2D eigenvalue weighted by atomic mass is 32.2. The number of anilines is 2. The van der Waals surface area contributed by atoms with Gasteiger partial charge in [0.1, 0.15) is 17.7 Å². The number of primary sulfonamides is 1. The van der Waals surface area contributed by atoms with Gasteiger partial charge in [0, 0.05) is 17.5 Å². The monoisotopic (exact) mass is 477 g/mol. The van der Waals surface area contributed by atoms with Crippen LogP contribution in [-0.4, -0.2) is 35.5 Å². The normalized spacial score (nSPS) is 12.3. The molecule has 34 heavy (non-hydrogen) atoms. The number of para-hydroxylation sites is 1. The number of nitrogens with one attached hydrogen (secondary N) is 2. The highest BCUT2D eigenvalue weighted by Gasteiger charge is 2.20. The molecule has 0 spiro atoms. The Morgan fingerprint density at radius 1 is 0.941 bits per heavy atom. The number of aliphatic carboxylic acids is 1. The van der Waals surface area contributed by atoms with E-state index in [9.17, 15) is 18.3 Å². The SMILES string of the molecule is NS(=O)(=O)c1ccc(NCc2nc(NC(Cc3ccccc3)C(=O)O)c3ccccc3n2)cc1. The summed E-state index contributed by atoms with van der Waals surface area (Å²) in [6.07, 6.45) is 0.290. The van der Waals surface area contributed by atoms with Gasteiger partial charge in [0.25, 0.3) is 0 Å². The van der Waals surface area contributed by atoms with E-state index >= 15 is 0 Å². The summed E-state index contributed by atoms with van der Waals surface area (Å²) < 4.78 is 22.9.